The van der Waals surface area contributed by atoms with Crippen molar-refractivity contribution in [1.29, 1.82) is 0 Å². The van der Waals surface area contributed by atoms with Gasteiger partial charge in [-0.15, -0.1) is 0 Å². The van der Waals surface area contributed by atoms with Crippen LogP contribution in [-0.4, -0.2) is 16.7 Å². The van der Waals surface area contributed by atoms with Crippen LogP contribution >= 0.6 is 23.2 Å². The number of carbonyl (C=O) groups is 2. The molecule has 0 aliphatic carbocycles. The van der Waals surface area contributed by atoms with Gasteiger partial charge in [-0.3, -0.25) is 9.59 Å². The van der Waals surface area contributed by atoms with Gasteiger partial charge < -0.3 is 10.2 Å². The SMILES string of the molecule is CC(=O)N(Cc1ccc(Cl)cc1)[C@H](C(=O)NCc1ccc(Cl)cc1)c1ccccc1. The maximum Gasteiger partial charge on any atom is 0.247 e. The first-order valence-corrected chi connectivity index (χ1v) is 10.3. The van der Waals surface area contributed by atoms with E-state index in [2.05, 4.69) is 5.32 Å². The minimum absolute atomic E-state index is 0.194. The molecule has 154 valence electrons. The molecule has 0 fully saturated rings. The molecule has 0 saturated heterocycles. The molecule has 0 radical (unpaired) electrons. The summed E-state index contributed by atoms with van der Waals surface area (Å²) in [5.74, 6) is -0.444. The van der Waals surface area contributed by atoms with Crippen molar-refractivity contribution in [3.05, 3.63) is 106 Å². The van der Waals surface area contributed by atoms with E-state index >= 15 is 0 Å². The predicted octanol–water partition coefficient (Wildman–Crippen LogP) is 5.40. The van der Waals surface area contributed by atoms with Crippen LogP contribution in [0.4, 0.5) is 0 Å². The minimum Gasteiger partial charge on any atom is -0.350 e. The van der Waals surface area contributed by atoms with Crippen molar-refractivity contribution >= 4 is 35.0 Å². The molecule has 0 saturated carbocycles. The van der Waals surface area contributed by atoms with Crippen LogP contribution in [0.15, 0.2) is 78.9 Å². The lowest BCUT2D eigenvalue weighted by molar-refractivity contribution is -0.140. The fourth-order valence-electron chi connectivity index (χ4n) is 3.17. The number of halogens is 2. The zero-order chi connectivity index (χ0) is 21.5. The van der Waals surface area contributed by atoms with E-state index in [1.807, 2.05) is 54.6 Å². The summed E-state index contributed by atoms with van der Waals surface area (Å²) >= 11 is 11.9. The van der Waals surface area contributed by atoms with E-state index in [1.54, 1.807) is 29.2 Å². The Hall–Kier alpha value is -2.82. The van der Waals surface area contributed by atoms with Gasteiger partial charge in [0.15, 0.2) is 0 Å². The molecule has 1 atom stereocenters. The summed E-state index contributed by atoms with van der Waals surface area (Å²) in [5, 5.41) is 4.21. The smallest absolute Gasteiger partial charge is 0.247 e. The molecule has 4 nitrogen and oxygen atoms in total. The Bertz CT molecular complexity index is 990. The van der Waals surface area contributed by atoms with Gasteiger partial charge in [0.25, 0.3) is 0 Å². The number of nitrogens with one attached hydrogen (secondary N) is 1. The van der Waals surface area contributed by atoms with E-state index in [1.165, 1.54) is 6.92 Å². The van der Waals surface area contributed by atoms with Crippen molar-refractivity contribution in [3.63, 3.8) is 0 Å². The molecule has 3 aromatic carbocycles. The lowest BCUT2D eigenvalue weighted by Crippen LogP contribution is -2.42. The van der Waals surface area contributed by atoms with Gasteiger partial charge in [-0.25, -0.2) is 0 Å². The number of hydrogen-bond acceptors (Lipinski definition) is 2. The van der Waals surface area contributed by atoms with E-state index in [-0.39, 0.29) is 11.8 Å². The first-order chi connectivity index (χ1) is 14.4. The average molecular weight is 441 g/mol. The van der Waals surface area contributed by atoms with Gasteiger partial charge in [0.2, 0.25) is 11.8 Å². The van der Waals surface area contributed by atoms with E-state index in [4.69, 9.17) is 23.2 Å². The highest BCUT2D eigenvalue weighted by Crippen LogP contribution is 2.24. The van der Waals surface area contributed by atoms with Crippen molar-refractivity contribution < 1.29 is 9.59 Å². The fraction of sp³-hybridized carbons (Fsp3) is 0.167. The van der Waals surface area contributed by atoms with Crippen LogP contribution < -0.4 is 5.32 Å². The lowest BCUT2D eigenvalue weighted by Gasteiger charge is -2.30. The maximum absolute atomic E-state index is 13.2. The molecule has 3 aromatic rings. The second kappa shape index (κ2) is 10.3. The van der Waals surface area contributed by atoms with Crippen LogP contribution in [0.25, 0.3) is 0 Å². The molecule has 1 N–H and O–H groups in total. The highest BCUT2D eigenvalue weighted by molar-refractivity contribution is 6.30. The van der Waals surface area contributed by atoms with Gasteiger partial charge in [0, 0.05) is 30.1 Å². The Labute approximate surface area is 186 Å². The maximum atomic E-state index is 13.2. The Morgan fingerprint density at radius 1 is 0.833 bits per heavy atom. The summed E-state index contributed by atoms with van der Waals surface area (Å²) < 4.78 is 0. The van der Waals surface area contributed by atoms with Gasteiger partial charge in [-0.05, 0) is 41.0 Å². The first kappa shape index (κ1) is 21.9. The predicted molar refractivity (Wildman–Crippen MR) is 120 cm³/mol. The number of rotatable bonds is 7. The third-order valence-corrected chi connectivity index (χ3v) is 5.23. The van der Waals surface area contributed by atoms with Crippen LogP contribution in [0.1, 0.15) is 29.7 Å². The lowest BCUT2D eigenvalue weighted by atomic mass is 10.0. The van der Waals surface area contributed by atoms with Crippen LogP contribution in [0.2, 0.25) is 10.0 Å². The third-order valence-electron chi connectivity index (χ3n) is 4.73. The molecule has 6 heteroatoms. The van der Waals surface area contributed by atoms with E-state index in [0.29, 0.717) is 23.1 Å². The van der Waals surface area contributed by atoms with Crippen LogP contribution in [0.3, 0.4) is 0 Å². The van der Waals surface area contributed by atoms with Crippen LogP contribution in [0.5, 0.6) is 0 Å². The zero-order valence-electron chi connectivity index (χ0n) is 16.5. The number of nitrogens with zero attached hydrogens (tertiary/aromatic N) is 1. The monoisotopic (exact) mass is 440 g/mol. The summed E-state index contributed by atoms with van der Waals surface area (Å²) in [6.07, 6.45) is 0. The number of hydrogen-bond donors (Lipinski definition) is 1. The molecule has 2 amide bonds. The Morgan fingerprint density at radius 2 is 1.37 bits per heavy atom. The van der Waals surface area contributed by atoms with Gasteiger partial charge in [-0.2, -0.15) is 0 Å². The molecule has 0 aliphatic heterocycles. The number of carbonyl (C=O) groups excluding carboxylic acids is 2. The second-order valence-electron chi connectivity index (χ2n) is 6.93. The van der Waals surface area contributed by atoms with Crippen molar-refractivity contribution in [1.82, 2.24) is 10.2 Å². The second-order valence-corrected chi connectivity index (χ2v) is 7.80. The molecule has 0 bridgehead atoms. The number of amides is 2. The Balaban J connectivity index is 1.85. The summed E-state index contributed by atoms with van der Waals surface area (Å²) in [7, 11) is 0. The molecule has 0 aromatic heterocycles. The molecule has 0 spiro atoms. The van der Waals surface area contributed by atoms with Gasteiger partial charge in [-0.1, -0.05) is 77.8 Å². The summed E-state index contributed by atoms with van der Waals surface area (Å²) in [4.78, 5) is 27.3. The van der Waals surface area contributed by atoms with Crippen molar-refractivity contribution in [3.8, 4) is 0 Å². The van der Waals surface area contributed by atoms with Crippen molar-refractivity contribution in [2.24, 2.45) is 0 Å². The van der Waals surface area contributed by atoms with E-state index in [9.17, 15) is 9.59 Å². The molecule has 0 aliphatic rings. The van der Waals surface area contributed by atoms with Gasteiger partial charge >= 0.3 is 0 Å². The van der Waals surface area contributed by atoms with Gasteiger partial charge in [0.1, 0.15) is 6.04 Å². The van der Waals surface area contributed by atoms with E-state index in [0.717, 1.165) is 16.7 Å². The highest BCUT2D eigenvalue weighted by Gasteiger charge is 2.29. The van der Waals surface area contributed by atoms with Crippen LogP contribution in [-0.2, 0) is 22.7 Å². The molecule has 3 rings (SSSR count). The van der Waals surface area contributed by atoms with Crippen LogP contribution in [0, 0.1) is 0 Å². The minimum atomic E-state index is -0.758. The normalized spacial score (nSPS) is 11.6. The molecule has 30 heavy (non-hydrogen) atoms. The summed E-state index contributed by atoms with van der Waals surface area (Å²) in [6, 6.07) is 23.1. The van der Waals surface area contributed by atoms with Crippen molar-refractivity contribution in [2.75, 3.05) is 0 Å². The summed E-state index contributed by atoms with van der Waals surface area (Å²) in [6.45, 7) is 2.10. The standard InChI is InChI=1S/C24H22Cl2N2O2/c1-17(29)28(16-19-9-13-22(26)14-10-19)23(20-5-3-2-4-6-20)24(30)27-15-18-7-11-21(25)12-8-18/h2-14,23H,15-16H2,1H3,(H,27,30)/t23-/m0/s1. The van der Waals surface area contributed by atoms with E-state index < -0.39 is 6.04 Å². The van der Waals surface area contributed by atoms with Gasteiger partial charge in [0.05, 0.1) is 0 Å². The molecular weight excluding hydrogens is 419 g/mol. The summed E-state index contributed by atoms with van der Waals surface area (Å²) in [5.41, 5.74) is 2.56. The topological polar surface area (TPSA) is 49.4 Å². The Kier molecular flexibility index (Phi) is 7.50. The largest absolute Gasteiger partial charge is 0.350 e. The third kappa shape index (κ3) is 5.85. The first-order valence-electron chi connectivity index (χ1n) is 9.53. The van der Waals surface area contributed by atoms with Crippen molar-refractivity contribution in [2.45, 2.75) is 26.1 Å². The molecule has 0 unspecified atom stereocenters. The number of benzene rings is 3. The highest BCUT2D eigenvalue weighted by atomic mass is 35.5. The average Bonchev–Trinajstić information content (AvgIpc) is 2.75. The quantitative estimate of drug-likeness (QED) is 0.534. The molecule has 0 heterocycles. The molecular formula is C24H22Cl2N2O2. The fourth-order valence-corrected chi connectivity index (χ4v) is 3.42. The zero-order valence-corrected chi connectivity index (χ0v) is 18.0. The Morgan fingerprint density at radius 3 is 1.90 bits per heavy atom.